The minimum Gasteiger partial charge on any atom is -0.350 e. The first-order chi connectivity index (χ1) is 17.1. The summed E-state index contributed by atoms with van der Waals surface area (Å²) in [5.74, 6) is -1.90. The van der Waals surface area contributed by atoms with Gasteiger partial charge >= 0.3 is 0 Å². The van der Waals surface area contributed by atoms with E-state index in [9.17, 15) is 23.6 Å². The number of halogens is 1. The highest BCUT2D eigenvalue weighted by atomic mass is 19.1. The molecule has 0 aliphatic carbocycles. The first kappa shape index (κ1) is 24.8. The van der Waals surface area contributed by atoms with Gasteiger partial charge < -0.3 is 20.1 Å². The number of anilines is 1. The monoisotopic (exact) mass is 491 g/mol. The van der Waals surface area contributed by atoms with Crippen LogP contribution in [-0.2, 0) is 17.9 Å². The molecule has 0 spiro atoms. The molecule has 0 saturated heterocycles. The maximum atomic E-state index is 13.5. The maximum Gasteiger partial charge on any atom is 0.276 e. The van der Waals surface area contributed by atoms with E-state index in [4.69, 9.17) is 0 Å². The average Bonchev–Trinajstić information content (AvgIpc) is 3.28. The fourth-order valence-electron chi connectivity index (χ4n) is 4.30. The molecule has 36 heavy (non-hydrogen) atoms. The molecule has 3 aromatic rings. The van der Waals surface area contributed by atoms with Crippen LogP contribution in [0.25, 0.3) is 0 Å². The van der Waals surface area contributed by atoms with Crippen LogP contribution in [-0.4, -0.2) is 50.0 Å². The highest BCUT2D eigenvalue weighted by Crippen LogP contribution is 2.29. The molecule has 186 valence electrons. The number of nitrogens with zero attached hydrogens (tertiary/aromatic N) is 3. The van der Waals surface area contributed by atoms with Gasteiger partial charge in [0.25, 0.3) is 11.8 Å². The number of rotatable bonds is 7. The van der Waals surface area contributed by atoms with Crippen molar-refractivity contribution in [3.63, 3.8) is 0 Å². The van der Waals surface area contributed by atoms with Crippen LogP contribution in [0, 0.1) is 5.82 Å². The second-order valence-electron chi connectivity index (χ2n) is 8.79. The van der Waals surface area contributed by atoms with Crippen LogP contribution in [0.1, 0.15) is 57.7 Å². The number of fused-ring (bicyclic) bond motifs is 1. The van der Waals surface area contributed by atoms with Crippen molar-refractivity contribution in [1.29, 1.82) is 0 Å². The fraction of sp³-hybridized carbons (Fsp3) is 0.269. The van der Waals surface area contributed by atoms with Crippen LogP contribution >= 0.6 is 0 Å². The van der Waals surface area contributed by atoms with Crippen molar-refractivity contribution in [1.82, 2.24) is 19.8 Å². The third-order valence-corrected chi connectivity index (χ3v) is 6.30. The minimum absolute atomic E-state index is 0.0529. The summed E-state index contributed by atoms with van der Waals surface area (Å²) in [7, 11) is 0. The molecule has 10 heteroatoms. The Morgan fingerprint density at radius 2 is 1.75 bits per heavy atom. The third kappa shape index (κ3) is 4.61. The van der Waals surface area contributed by atoms with Crippen LogP contribution in [0.2, 0.25) is 0 Å². The summed E-state index contributed by atoms with van der Waals surface area (Å²) in [6.07, 6.45) is 1.37. The quantitative estimate of drug-likeness (QED) is 0.494. The molecule has 1 atom stereocenters. The molecule has 0 saturated carbocycles. The normalized spacial score (nSPS) is 16.9. The molecular formula is C26H26FN5O4. The van der Waals surface area contributed by atoms with Gasteiger partial charge in [0.1, 0.15) is 17.1 Å². The van der Waals surface area contributed by atoms with E-state index < -0.39 is 17.4 Å². The van der Waals surface area contributed by atoms with Gasteiger partial charge in [-0.05, 0) is 62.7 Å². The topological polar surface area (TPSA) is 113 Å². The number of carbonyl (C=O) groups is 4. The van der Waals surface area contributed by atoms with Gasteiger partial charge in [0.2, 0.25) is 5.91 Å². The lowest BCUT2D eigenvalue weighted by molar-refractivity contribution is -0.132. The zero-order chi connectivity index (χ0) is 26.0. The number of hydrogen-bond donors (Lipinski definition) is 2. The van der Waals surface area contributed by atoms with Gasteiger partial charge in [-0.25, -0.2) is 9.37 Å². The Bertz CT molecular complexity index is 1330. The van der Waals surface area contributed by atoms with E-state index in [0.29, 0.717) is 11.3 Å². The number of imidazole rings is 1. The van der Waals surface area contributed by atoms with E-state index >= 15 is 0 Å². The molecule has 0 bridgehead atoms. The smallest absolute Gasteiger partial charge is 0.276 e. The van der Waals surface area contributed by atoms with Crippen LogP contribution in [0.4, 0.5) is 10.1 Å². The SMILES string of the molecule is CCN1C(=O)c2c(C(=O)Nc3ccc(C(C)=O)cc3)ncn2C[C@]1(C)C(=O)NCc1ccc(F)cc1. The van der Waals surface area contributed by atoms with Gasteiger partial charge in [-0.15, -0.1) is 0 Å². The average molecular weight is 492 g/mol. The van der Waals surface area contributed by atoms with E-state index in [-0.39, 0.29) is 48.5 Å². The largest absolute Gasteiger partial charge is 0.350 e. The van der Waals surface area contributed by atoms with Crippen molar-refractivity contribution in [2.75, 3.05) is 11.9 Å². The first-order valence-electron chi connectivity index (χ1n) is 11.5. The van der Waals surface area contributed by atoms with E-state index in [1.807, 2.05) is 0 Å². The Labute approximate surface area is 207 Å². The number of carbonyl (C=O) groups excluding carboxylic acids is 4. The Hall–Kier alpha value is -4.34. The zero-order valence-corrected chi connectivity index (χ0v) is 20.2. The second kappa shape index (κ2) is 9.73. The van der Waals surface area contributed by atoms with Gasteiger partial charge in [-0.3, -0.25) is 19.2 Å². The maximum absolute atomic E-state index is 13.5. The number of Topliss-reactive ketones (excluding diaryl/α,β-unsaturated/α-hetero) is 1. The molecule has 0 radical (unpaired) electrons. The van der Waals surface area contributed by atoms with E-state index in [1.54, 1.807) is 50.2 Å². The molecule has 2 aromatic carbocycles. The summed E-state index contributed by atoms with van der Waals surface area (Å²) < 4.78 is 14.7. The van der Waals surface area contributed by atoms with Gasteiger partial charge in [0.15, 0.2) is 11.5 Å². The number of ketones is 1. The summed E-state index contributed by atoms with van der Waals surface area (Å²) in [6.45, 7) is 5.38. The van der Waals surface area contributed by atoms with Gasteiger partial charge in [-0.1, -0.05) is 12.1 Å². The van der Waals surface area contributed by atoms with E-state index in [2.05, 4.69) is 15.6 Å². The number of nitrogens with one attached hydrogen (secondary N) is 2. The predicted octanol–water partition coefficient (Wildman–Crippen LogP) is 3.03. The lowest BCUT2D eigenvalue weighted by atomic mass is 9.94. The first-order valence-corrected chi connectivity index (χ1v) is 11.5. The van der Waals surface area contributed by atoms with Crippen molar-refractivity contribution in [3.8, 4) is 0 Å². The van der Waals surface area contributed by atoms with Gasteiger partial charge in [-0.2, -0.15) is 0 Å². The summed E-state index contributed by atoms with van der Waals surface area (Å²) in [5, 5.41) is 5.52. The molecular weight excluding hydrogens is 465 g/mol. The van der Waals surface area contributed by atoms with Gasteiger partial charge in [0.05, 0.1) is 12.9 Å². The number of amides is 3. The van der Waals surface area contributed by atoms with Crippen molar-refractivity contribution in [3.05, 3.63) is 83.2 Å². The Morgan fingerprint density at radius 1 is 1.08 bits per heavy atom. The number of hydrogen-bond acceptors (Lipinski definition) is 5. The molecule has 2 heterocycles. The molecule has 4 rings (SSSR count). The van der Waals surface area contributed by atoms with E-state index in [0.717, 1.165) is 5.56 Å². The van der Waals surface area contributed by atoms with Crippen LogP contribution < -0.4 is 10.6 Å². The Kier molecular flexibility index (Phi) is 6.69. The number of aromatic nitrogens is 2. The van der Waals surface area contributed by atoms with Crippen molar-refractivity contribution < 1.29 is 23.6 Å². The molecule has 1 aliphatic heterocycles. The molecule has 0 fully saturated rings. The van der Waals surface area contributed by atoms with Crippen LogP contribution in [0.15, 0.2) is 54.9 Å². The standard InChI is InChI=1S/C26H26FN5O4/c1-4-32-24(35)22-21(23(34)30-20-11-7-18(8-12-20)16(2)33)29-15-31(22)14-26(32,3)25(36)28-13-17-5-9-19(27)10-6-17/h5-12,15H,4,13-14H2,1-3H3,(H,28,36)(H,30,34)/t26-/m1/s1. The Morgan fingerprint density at radius 3 is 2.36 bits per heavy atom. The molecule has 0 unspecified atom stereocenters. The summed E-state index contributed by atoms with van der Waals surface area (Å²) >= 11 is 0. The Balaban J connectivity index is 1.54. The molecule has 1 aromatic heterocycles. The predicted molar refractivity (Wildman–Crippen MR) is 130 cm³/mol. The van der Waals surface area contributed by atoms with Crippen LogP contribution in [0.3, 0.4) is 0 Å². The molecule has 1 aliphatic rings. The fourth-order valence-corrected chi connectivity index (χ4v) is 4.30. The van der Waals surface area contributed by atoms with E-state index in [1.165, 1.54) is 34.9 Å². The lowest BCUT2D eigenvalue weighted by Crippen LogP contribution is -2.63. The van der Waals surface area contributed by atoms with Crippen molar-refractivity contribution in [2.45, 2.75) is 39.4 Å². The third-order valence-electron chi connectivity index (χ3n) is 6.30. The summed E-state index contributed by atoms with van der Waals surface area (Å²) in [5.41, 5.74) is 0.500. The highest BCUT2D eigenvalue weighted by Gasteiger charge is 2.48. The second-order valence-corrected chi connectivity index (χ2v) is 8.79. The molecule has 3 amide bonds. The van der Waals surface area contributed by atoms with Crippen molar-refractivity contribution >= 4 is 29.2 Å². The number of benzene rings is 2. The van der Waals surface area contributed by atoms with Crippen LogP contribution in [0.5, 0.6) is 0 Å². The minimum atomic E-state index is -1.23. The molecule has 2 N–H and O–H groups in total. The van der Waals surface area contributed by atoms with Gasteiger partial charge in [0, 0.05) is 24.3 Å². The molecule has 9 nitrogen and oxygen atoms in total. The zero-order valence-electron chi connectivity index (χ0n) is 20.2. The highest BCUT2D eigenvalue weighted by molar-refractivity contribution is 6.11. The number of likely N-dealkylation sites (N-methyl/N-ethyl adjacent to an activating group) is 1. The van der Waals surface area contributed by atoms with Crippen molar-refractivity contribution in [2.24, 2.45) is 0 Å². The summed E-state index contributed by atoms with van der Waals surface area (Å²) in [6, 6.07) is 12.2. The summed E-state index contributed by atoms with van der Waals surface area (Å²) in [4.78, 5) is 56.7. The lowest BCUT2D eigenvalue weighted by Gasteiger charge is -2.43.